The average Bonchev–Trinajstić information content (AvgIpc) is 2.55. The SMILES string of the molecule is O=C(NCCCNC(=O)C1=CCCCC1)C1=CCCCC1. The number of hydrogen-bond donors (Lipinski definition) is 2. The molecule has 2 aliphatic carbocycles. The van der Waals surface area contributed by atoms with Gasteiger partial charge in [0.15, 0.2) is 0 Å². The first-order valence-corrected chi connectivity index (χ1v) is 8.22. The zero-order chi connectivity index (χ0) is 14.9. The van der Waals surface area contributed by atoms with Crippen molar-refractivity contribution >= 4 is 11.8 Å². The van der Waals surface area contributed by atoms with E-state index in [4.69, 9.17) is 0 Å². The molecular weight excluding hydrogens is 264 g/mol. The molecule has 0 aliphatic heterocycles. The fourth-order valence-electron chi connectivity index (χ4n) is 2.81. The van der Waals surface area contributed by atoms with Crippen LogP contribution in [0.3, 0.4) is 0 Å². The maximum absolute atomic E-state index is 11.9. The number of amides is 2. The molecule has 0 radical (unpaired) electrons. The number of nitrogens with one attached hydrogen (secondary N) is 2. The van der Waals surface area contributed by atoms with Crippen molar-refractivity contribution in [1.82, 2.24) is 10.6 Å². The molecule has 0 saturated heterocycles. The molecule has 0 atom stereocenters. The van der Waals surface area contributed by atoms with E-state index in [1.165, 1.54) is 12.8 Å². The smallest absolute Gasteiger partial charge is 0.246 e. The van der Waals surface area contributed by atoms with E-state index < -0.39 is 0 Å². The van der Waals surface area contributed by atoms with Gasteiger partial charge >= 0.3 is 0 Å². The Kier molecular flexibility index (Phi) is 6.51. The molecule has 116 valence electrons. The molecule has 2 rings (SSSR count). The minimum Gasteiger partial charge on any atom is -0.352 e. The van der Waals surface area contributed by atoms with E-state index in [9.17, 15) is 9.59 Å². The van der Waals surface area contributed by atoms with Gasteiger partial charge in [0.25, 0.3) is 0 Å². The molecule has 0 aromatic carbocycles. The Bertz CT molecular complexity index is 398. The fraction of sp³-hybridized carbons (Fsp3) is 0.647. The van der Waals surface area contributed by atoms with Crippen molar-refractivity contribution < 1.29 is 9.59 Å². The van der Waals surface area contributed by atoms with Gasteiger partial charge in [-0.2, -0.15) is 0 Å². The molecule has 4 nitrogen and oxygen atoms in total. The topological polar surface area (TPSA) is 58.2 Å². The highest BCUT2D eigenvalue weighted by Gasteiger charge is 2.12. The van der Waals surface area contributed by atoms with Crippen LogP contribution < -0.4 is 10.6 Å². The van der Waals surface area contributed by atoms with Gasteiger partial charge in [0.05, 0.1) is 0 Å². The molecule has 0 unspecified atom stereocenters. The summed E-state index contributed by atoms with van der Waals surface area (Å²) in [5.41, 5.74) is 1.86. The van der Waals surface area contributed by atoms with Crippen molar-refractivity contribution in [2.45, 2.75) is 57.8 Å². The molecule has 0 aromatic rings. The van der Waals surface area contributed by atoms with Gasteiger partial charge < -0.3 is 10.6 Å². The van der Waals surface area contributed by atoms with Crippen molar-refractivity contribution in [3.8, 4) is 0 Å². The Labute approximate surface area is 127 Å². The molecule has 2 aliphatic rings. The van der Waals surface area contributed by atoms with E-state index in [-0.39, 0.29) is 11.8 Å². The van der Waals surface area contributed by atoms with Crippen molar-refractivity contribution in [3.05, 3.63) is 23.3 Å². The Morgan fingerprint density at radius 1 is 0.810 bits per heavy atom. The van der Waals surface area contributed by atoms with Crippen molar-refractivity contribution in [3.63, 3.8) is 0 Å². The fourth-order valence-corrected chi connectivity index (χ4v) is 2.81. The molecular formula is C17H26N2O2. The van der Waals surface area contributed by atoms with Gasteiger partial charge in [-0.3, -0.25) is 9.59 Å². The Balaban J connectivity index is 1.57. The van der Waals surface area contributed by atoms with Crippen LogP contribution in [-0.4, -0.2) is 24.9 Å². The number of hydrogen-bond acceptors (Lipinski definition) is 2. The summed E-state index contributed by atoms with van der Waals surface area (Å²) in [4.78, 5) is 23.7. The standard InChI is InChI=1S/C17H26N2O2/c20-16(14-8-3-1-4-9-14)18-12-7-13-19-17(21)15-10-5-2-6-11-15/h8,10H,1-7,9,11-13H2,(H,18,20)(H,19,21). The summed E-state index contributed by atoms with van der Waals surface area (Å²) in [6, 6.07) is 0. The summed E-state index contributed by atoms with van der Waals surface area (Å²) >= 11 is 0. The summed E-state index contributed by atoms with van der Waals surface area (Å²) in [7, 11) is 0. The van der Waals surface area contributed by atoms with Crippen LogP contribution in [0.15, 0.2) is 23.3 Å². The van der Waals surface area contributed by atoms with Gasteiger partial charge in [0.1, 0.15) is 0 Å². The zero-order valence-corrected chi connectivity index (χ0v) is 12.7. The Morgan fingerprint density at radius 3 is 1.67 bits per heavy atom. The minimum atomic E-state index is 0.0658. The molecule has 2 N–H and O–H groups in total. The summed E-state index contributed by atoms with van der Waals surface area (Å²) in [6.07, 6.45) is 13.3. The van der Waals surface area contributed by atoms with E-state index in [0.29, 0.717) is 13.1 Å². The Hall–Kier alpha value is -1.58. The molecule has 0 saturated carbocycles. The first kappa shape index (κ1) is 15.8. The maximum Gasteiger partial charge on any atom is 0.246 e. The van der Waals surface area contributed by atoms with Crippen LogP contribution >= 0.6 is 0 Å². The van der Waals surface area contributed by atoms with Crippen molar-refractivity contribution in [1.29, 1.82) is 0 Å². The van der Waals surface area contributed by atoms with Crippen LogP contribution in [0.5, 0.6) is 0 Å². The van der Waals surface area contributed by atoms with Gasteiger partial charge in [0.2, 0.25) is 11.8 Å². The van der Waals surface area contributed by atoms with E-state index in [1.54, 1.807) is 0 Å². The summed E-state index contributed by atoms with van der Waals surface area (Å²) in [5.74, 6) is 0.132. The predicted molar refractivity (Wildman–Crippen MR) is 83.7 cm³/mol. The number of rotatable bonds is 6. The number of carbonyl (C=O) groups excluding carboxylic acids is 2. The largest absolute Gasteiger partial charge is 0.352 e. The van der Waals surface area contributed by atoms with Crippen molar-refractivity contribution in [2.24, 2.45) is 0 Å². The van der Waals surface area contributed by atoms with Crippen LogP contribution in [-0.2, 0) is 9.59 Å². The van der Waals surface area contributed by atoms with Crippen LogP contribution in [0.2, 0.25) is 0 Å². The zero-order valence-electron chi connectivity index (χ0n) is 12.7. The first-order chi connectivity index (χ1) is 10.3. The lowest BCUT2D eigenvalue weighted by atomic mass is 9.99. The molecule has 0 spiro atoms. The second kappa shape index (κ2) is 8.65. The second-order valence-corrected chi connectivity index (χ2v) is 5.82. The quantitative estimate of drug-likeness (QED) is 0.739. The van der Waals surface area contributed by atoms with Crippen molar-refractivity contribution in [2.75, 3.05) is 13.1 Å². The third-order valence-corrected chi connectivity index (χ3v) is 4.09. The van der Waals surface area contributed by atoms with E-state index in [0.717, 1.165) is 56.1 Å². The lowest BCUT2D eigenvalue weighted by molar-refractivity contribution is -0.118. The summed E-state index contributed by atoms with van der Waals surface area (Å²) < 4.78 is 0. The van der Waals surface area contributed by atoms with Gasteiger partial charge in [-0.15, -0.1) is 0 Å². The molecule has 0 bridgehead atoms. The monoisotopic (exact) mass is 290 g/mol. The highest BCUT2D eigenvalue weighted by molar-refractivity contribution is 5.94. The molecule has 2 amide bonds. The summed E-state index contributed by atoms with van der Waals surface area (Å²) in [5, 5.41) is 5.87. The lowest BCUT2D eigenvalue weighted by Gasteiger charge is -2.14. The minimum absolute atomic E-state index is 0.0658. The van der Waals surface area contributed by atoms with Gasteiger partial charge in [-0.25, -0.2) is 0 Å². The van der Waals surface area contributed by atoms with Gasteiger partial charge in [0, 0.05) is 24.2 Å². The van der Waals surface area contributed by atoms with Crippen LogP contribution in [0.1, 0.15) is 57.8 Å². The molecule has 0 fully saturated rings. The number of carbonyl (C=O) groups is 2. The first-order valence-electron chi connectivity index (χ1n) is 8.22. The van der Waals surface area contributed by atoms with E-state index in [1.807, 2.05) is 0 Å². The van der Waals surface area contributed by atoms with Crippen LogP contribution in [0, 0.1) is 0 Å². The highest BCUT2D eigenvalue weighted by Crippen LogP contribution is 2.17. The molecule has 0 aromatic heterocycles. The van der Waals surface area contributed by atoms with E-state index in [2.05, 4.69) is 22.8 Å². The normalized spacial score (nSPS) is 18.5. The lowest BCUT2D eigenvalue weighted by Crippen LogP contribution is -2.31. The third-order valence-electron chi connectivity index (χ3n) is 4.09. The Morgan fingerprint density at radius 2 is 1.29 bits per heavy atom. The van der Waals surface area contributed by atoms with Gasteiger partial charge in [-0.05, 0) is 57.8 Å². The average molecular weight is 290 g/mol. The molecule has 4 heteroatoms. The summed E-state index contributed by atoms with van der Waals surface area (Å²) in [6.45, 7) is 1.24. The van der Waals surface area contributed by atoms with Crippen LogP contribution in [0.4, 0.5) is 0 Å². The second-order valence-electron chi connectivity index (χ2n) is 5.82. The highest BCUT2D eigenvalue weighted by atomic mass is 16.2. The third kappa shape index (κ3) is 5.37. The molecule has 21 heavy (non-hydrogen) atoms. The maximum atomic E-state index is 11.9. The number of allylic oxidation sites excluding steroid dienone is 2. The predicted octanol–water partition coefficient (Wildman–Crippen LogP) is 2.61. The van der Waals surface area contributed by atoms with Gasteiger partial charge in [-0.1, -0.05) is 12.2 Å². The molecule has 0 heterocycles. The van der Waals surface area contributed by atoms with E-state index >= 15 is 0 Å². The van der Waals surface area contributed by atoms with Crippen LogP contribution in [0.25, 0.3) is 0 Å².